The van der Waals surface area contributed by atoms with Crippen molar-refractivity contribution in [3.8, 4) is 0 Å². The third-order valence-electron chi connectivity index (χ3n) is 3.92. The fourth-order valence-corrected chi connectivity index (χ4v) is 3.66. The van der Waals surface area contributed by atoms with Crippen molar-refractivity contribution in [2.75, 3.05) is 19.6 Å². The third kappa shape index (κ3) is 2.89. The van der Waals surface area contributed by atoms with Crippen LogP contribution < -0.4 is 5.73 Å². The molecule has 2 aromatic rings. The number of rotatable bonds is 4. The van der Waals surface area contributed by atoms with E-state index in [1.54, 1.807) is 0 Å². The van der Waals surface area contributed by atoms with Gasteiger partial charge in [0.05, 0.1) is 0 Å². The monoisotopic (exact) mass is 272 g/mol. The first-order valence-electron chi connectivity index (χ1n) is 6.89. The third-order valence-corrected chi connectivity index (χ3v) is 4.95. The second-order valence-corrected chi connectivity index (χ2v) is 6.18. The number of hydrogen-bond acceptors (Lipinski definition) is 3. The standard InChI is InChI=1S/C16H20N2S/c17-10-15(16-6-3-9-19-16)12-18-8-7-13-4-1-2-5-14(13)11-18/h1-6,9,15H,7-8,10-12,17H2. The van der Waals surface area contributed by atoms with Crippen molar-refractivity contribution < 1.29 is 0 Å². The molecule has 3 rings (SSSR count). The molecule has 100 valence electrons. The number of fused-ring (bicyclic) bond motifs is 1. The first kappa shape index (κ1) is 12.9. The number of thiophene rings is 1. The van der Waals surface area contributed by atoms with Gasteiger partial charge in [0, 0.05) is 37.0 Å². The van der Waals surface area contributed by atoms with Gasteiger partial charge < -0.3 is 5.73 Å². The quantitative estimate of drug-likeness (QED) is 0.927. The molecule has 0 saturated heterocycles. The first-order chi connectivity index (χ1) is 9.36. The summed E-state index contributed by atoms with van der Waals surface area (Å²) in [6.07, 6.45) is 1.16. The Kier molecular flexibility index (Phi) is 3.97. The Morgan fingerprint density at radius 3 is 2.74 bits per heavy atom. The van der Waals surface area contributed by atoms with Gasteiger partial charge in [0.25, 0.3) is 0 Å². The van der Waals surface area contributed by atoms with Gasteiger partial charge in [0.1, 0.15) is 0 Å². The average molecular weight is 272 g/mol. The lowest BCUT2D eigenvalue weighted by Crippen LogP contribution is -2.35. The molecule has 0 spiro atoms. The molecule has 1 aliphatic rings. The number of benzene rings is 1. The van der Waals surface area contributed by atoms with Gasteiger partial charge >= 0.3 is 0 Å². The highest BCUT2D eigenvalue weighted by Crippen LogP contribution is 2.24. The molecule has 0 radical (unpaired) electrons. The van der Waals surface area contributed by atoms with E-state index in [0.29, 0.717) is 5.92 Å². The molecular weight excluding hydrogens is 252 g/mol. The number of nitrogens with zero attached hydrogens (tertiary/aromatic N) is 1. The second kappa shape index (κ2) is 5.87. The van der Waals surface area contributed by atoms with Crippen molar-refractivity contribution in [3.63, 3.8) is 0 Å². The zero-order chi connectivity index (χ0) is 13.1. The predicted octanol–water partition coefficient (Wildman–Crippen LogP) is 2.85. The van der Waals surface area contributed by atoms with Crippen LogP contribution in [0.1, 0.15) is 21.9 Å². The predicted molar refractivity (Wildman–Crippen MR) is 81.5 cm³/mol. The highest BCUT2D eigenvalue weighted by Gasteiger charge is 2.20. The molecule has 2 heterocycles. The average Bonchev–Trinajstić information content (AvgIpc) is 2.98. The van der Waals surface area contributed by atoms with Crippen molar-refractivity contribution in [2.24, 2.45) is 5.73 Å². The Bertz CT molecular complexity index is 521. The Morgan fingerprint density at radius 1 is 1.16 bits per heavy atom. The Morgan fingerprint density at radius 2 is 2.00 bits per heavy atom. The van der Waals surface area contributed by atoms with Gasteiger partial charge in [-0.3, -0.25) is 4.90 Å². The first-order valence-corrected chi connectivity index (χ1v) is 7.77. The summed E-state index contributed by atoms with van der Waals surface area (Å²) < 4.78 is 0. The van der Waals surface area contributed by atoms with Crippen LogP contribution in [0, 0.1) is 0 Å². The zero-order valence-electron chi connectivity index (χ0n) is 11.1. The van der Waals surface area contributed by atoms with Gasteiger partial charge in [0.2, 0.25) is 0 Å². The van der Waals surface area contributed by atoms with Crippen LogP contribution in [0.15, 0.2) is 41.8 Å². The minimum atomic E-state index is 0.477. The summed E-state index contributed by atoms with van der Waals surface area (Å²) in [4.78, 5) is 3.96. The van der Waals surface area contributed by atoms with Crippen LogP contribution in [-0.2, 0) is 13.0 Å². The van der Waals surface area contributed by atoms with E-state index >= 15 is 0 Å². The molecule has 0 aliphatic carbocycles. The van der Waals surface area contributed by atoms with Crippen molar-refractivity contribution in [3.05, 3.63) is 57.8 Å². The Labute approximate surface area is 118 Å². The molecule has 1 unspecified atom stereocenters. The molecule has 0 saturated carbocycles. The molecule has 1 aromatic carbocycles. The van der Waals surface area contributed by atoms with E-state index in [-0.39, 0.29) is 0 Å². The fraction of sp³-hybridized carbons (Fsp3) is 0.375. The van der Waals surface area contributed by atoms with Crippen molar-refractivity contribution >= 4 is 11.3 Å². The van der Waals surface area contributed by atoms with Gasteiger partial charge in [-0.1, -0.05) is 30.3 Å². The van der Waals surface area contributed by atoms with Gasteiger partial charge in [-0.2, -0.15) is 0 Å². The topological polar surface area (TPSA) is 29.3 Å². The van der Waals surface area contributed by atoms with Gasteiger partial charge in [-0.25, -0.2) is 0 Å². The van der Waals surface area contributed by atoms with E-state index in [4.69, 9.17) is 5.73 Å². The minimum absolute atomic E-state index is 0.477. The van der Waals surface area contributed by atoms with Crippen molar-refractivity contribution in [1.82, 2.24) is 4.90 Å². The van der Waals surface area contributed by atoms with Crippen LogP contribution >= 0.6 is 11.3 Å². The molecular formula is C16H20N2S. The SMILES string of the molecule is NCC(CN1CCc2ccccc2C1)c1cccs1. The van der Waals surface area contributed by atoms with Crippen LogP contribution in [0.2, 0.25) is 0 Å². The van der Waals surface area contributed by atoms with E-state index in [9.17, 15) is 0 Å². The van der Waals surface area contributed by atoms with E-state index < -0.39 is 0 Å². The molecule has 1 aliphatic heterocycles. The van der Waals surface area contributed by atoms with Gasteiger partial charge in [-0.15, -0.1) is 11.3 Å². The molecule has 1 atom stereocenters. The smallest absolute Gasteiger partial charge is 0.0236 e. The summed E-state index contributed by atoms with van der Waals surface area (Å²) in [5.41, 5.74) is 8.95. The molecule has 19 heavy (non-hydrogen) atoms. The van der Waals surface area contributed by atoms with Gasteiger partial charge in [-0.05, 0) is 29.0 Å². The lowest BCUT2D eigenvalue weighted by molar-refractivity contribution is 0.240. The molecule has 2 nitrogen and oxygen atoms in total. The Hall–Kier alpha value is -1.16. The Balaban J connectivity index is 1.68. The van der Waals surface area contributed by atoms with E-state index in [2.05, 4.69) is 46.7 Å². The normalized spacial score (nSPS) is 17.1. The number of hydrogen-bond donors (Lipinski definition) is 1. The fourth-order valence-electron chi connectivity index (χ4n) is 2.83. The molecule has 1 aromatic heterocycles. The summed E-state index contributed by atoms with van der Waals surface area (Å²) in [7, 11) is 0. The second-order valence-electron chi connectivity index (χ2n) is 5.20. The van der Waals surface area contributed by atoms with Crippen LogP contribution in [-0.4, -0.2) is 24.5 Å². The molecule has 0 bridgehead atoms. The van der Waals surface area contributed by atoms with Crippen molar-refractivity contribution in [1.29, 1.82) is 0 Å². The van der Waals surface area contributed by atoms with Crippen molar-refractivity contribution in [2.45, 2.75) is 18.9 Å². The van der Waals surface area contributed by atoms with Crippen LogP contribution in [0.25, 0.3) is 0 Å². The molecule has 3 heteroatoms. The summed E-state index contributed by atoms with van der Waals surface area (Å²) >= 11 is 1.82. The van der Waals surface area contributed by atoms with Gasteiger partial charge in [0.15, 0.2) is 0 Å². The van der Waals surface area contributed by atoms with E-state index in [1.165, 1.54) is 16.0 Å². The summed E-state index contributed by atoms with van der Waals surface area (Å²) in [6, 6.07) is 13.1. The summed E-state index contributed by atoms with van der Waals surface area (Å²) in [5.74, 6) is 0.477. The lowest BCUT2D eigenvalue weighted by atomic mass is 9.98. The zero-order valence-corrected chi connectivity index (χ0v) is 11.9. The summed E-state index contributed by atoms with van der Waals surface area (Å²) in [5, 5.41) is 2.14. The maximum absolute atomic E-state index is 5.96. The lowest BCUT2D eigenvalue weighted by Gasteiger charge is -2.31. The number of nitrogens with two attached hydrogens (primary N) is 1. The van der Waals surface area contributed by atoms with Crippen LogP contribution in [0.3, 0.4) is 0 Å². The van der Waals surface area contributed by atoms with E-state index in [1.807, 2.05) is 11.3 Å². The largest absolute Gasteiger partial charge is 0.330 e. The van der Waals surface area contributed by atoms with Crippen LogP contribution in [0.5, 0.6) is 0 Å². The molecule has 0 amide bonds. The highest BCUT2D eigenvalue weighted by atomic mass is 32.1. The minimum Gasteiger partial charge on any atom is -0.330 e. The highest BCUT2D eigenvalue weighted by molar-refractivity contribution is 7.10. The molecule has 2 N–H and O–H groups in total. The maximum atomic E-state index is 5.96. The van der Waals surface area contributed by atoms with Crippen LogP contribution in [0.4, 0.5) is 0 Å². The summed E-state index contributed by atoms with van der Waals surface area (Å²) in [6.45, 7) is 4.03. The maximum Gasteiger partial charge on any atom is 0.0236 e. The molecule has 0 fully saturated rings. The van der Waals surface area contributed by atoms with E-state index in [0.717, 1.165) is 32.6 Å².